The highest BCUT2D eigenvalue weighted by molar-refractivity contribution is 9.10. The molecule has 2 N–H and O–H groups in total. The van der Waals surface area contributed by atoms with Gasteiger partial charge in [-0.25, -0.2) is 9.98 Å². The molecule has 1 atom stereocenters. The highest BCUT2D eigenvalue weighted by Gasteiger charge is 2.44. The Bertz CT molecular complexity index is 1100. The first kappa shape index (κ1) is 19.4. The number of hydrogen-bond acceptors (Lipinski definition) is 5. The van der Waals surface area contributed by atoms with Crippen LogP contribution >= 0.6 is 15.9 Å². The number of alkyl halides is 3. The highest BCUT2D eigenvalue weighted by atomic mass is 79.9. The van der Waals surface area contributed by atoms with Crippen LogP contribution in [0.15, 0.2) is 70.4 Å². The second-order valence-electron chi connectivity index (χ2n) is 6.40. The molecule has 5 nitrogen and oxygen atoms in total. The molecule has 9 heteroatoms. The fourth-order valence-electron chi connectivity index (χ4n) is 3.38. The van der Waals surface area contributed by atoms with Gasteiger partial charge in [0.15, 0.2) is 6.61 Å². The molecule has 1 aliphatic heterocycles. The minimum Gasteiger partial charge on any atom is -0.468 e. The van der Waals surface area contributed by atoms with Crippen LogP contribution in [0.4, 0.5) is 13.2 Å². The molecule has 3 heterocycles. The predicted molar refractivity (Wildman–Crippen MR) is 105 cm³/mol. The number of pyridine rings is 2. The third-order valence-corrected chi connectivity index (χ3v) is 5.00. The molecule has 1 aromatic carbocycles. The van der Waals surface area contributed by atoms with Gasteiger partial charge < -0.3 is 10.5 Å². The summed E-state index contributed by atoms with van der Waals surface area (Å²) in [4.78, 5) is 13.0. The molecule has 1 aliphatic rings. The standard InChI is InChI=1S/C20H14BrF3N4O/c21-14-4-1-3-12(9-14)20(15-5-2-7-27-17(15)18(25)28-20)13-6-8-26-16(10-13)29-11-19(22,23)24/h1-10H,11H2,(H2,25,28). The van der Waals surface area contributed by atoms with Crippen molar-refractivity contribution in [2.24, 2.45) is 10.7 Å². The van der Waals surface area contributed by atoms with Gasteiger partial charge in [0, 0.05) is 28.5 Å². The predicted octanol–water partition coefficient (Wildman–Crippen LogP) is 4.19. The number of halogens is 4. The summed E-state index contributed by atoms with van der Waals surface area (Å²) in [7, 11) is 0. The second kappa shape index (κ2) is 7.14. The van der Waals surface area contributed by atoms with Gasteiger partial charge in [0.25, 0.3) is 0 Å². The Labute approximate surface area is 172 Å². The van der Waals surface area contributed by atoms with E-state index in [9.17, 15) is 13.2 Å². The molecule has 0 aliphatic carbocycles. The number of hydrogen-bond donors (Lipinski definition) is 1. The maximum Gasteiger partial charge on any atom is 0.422 e. The molecule has 4 rings (SSSR count). The molecule has 1 unspecified atom stereocenters. The molecule has 0 bridgehead atoms. The van der Waals surface area contributed by atoms with Gasteiger partial charge in [-0.05, 0) is 35.4 Å². The van der Waals surface area contributed by atoms with E-state index in [1.54, 1.807) is 18.3 Å². The molecular formula is C20H14BrF3N4O. The maximum atomic E-state index is 12.6. The number of nitrogens with two attached hydrogens (primary N) is 1. The zero-order chi connectivity index (χ0) is 20.6. The zero-order valence-corrected chi connectivity index (χ0v) is 16.4. The van der Waals surface area contributed by atoms with Gasteiger partial charge >= 0.3 is 6.18 Å². The van der Waals surface area contributed by atoms with Crippen LogP contribution in [0.3, 0.4) is 0 Å². The minimum absolute atomic E-state index is 0.152. The first-order valence-electron chi connectivity index (χ1n) is 8.53. The SMILES string of the molecule is NC1=NC(c2cccc(Br)c2)(c2ccnc(OCC(F)(F)F)c2)c2cccnc21. The van der Waals surface area contributed by atoms with E-state index in [0.29, 0.717) is 11.3 Å². The molecule has 0 fully saturated rings. The summed E-state index contributed by atoms with van der Waals surface area (Å²) in [6.45, 7) is -1.43. The van der Waals surface area contributed by atoms with Crippen molar-refractivity contribution in [2.45, 2.75) is 11.7 Å². The number of amidine groups is 1. The van der Waals surface area contributed by atoms with Crippen molar-refractivity contribution in [3.63, 3.8) is 0 Å². The number of rotatable bonds is 4. The zero-order valence-electron chi connectivity index (χ0n) is 14.8. The molecule has 0 saturated heterocycles. The smallest absolute Gasteiger partial charge is 0.422 e. The Balaban J connectivity index is 1.91. The lowest BCUT2D eigenvalue weighted by Crippen LogP contribution is -2.26. The molecule has 0 saturated carbocycles. The van der Waals surface area contributed by atoms with Gasteiger partial charge in [0.2, 0.25) is 5.88 Å². The third kappa shape index (κ3) is 3.57. The van der Waals surface area contributed by atoms with Crippen LogP contribution in [0, 0.1) is 0 Å². The molecule has 0 spiro atoms. The molecule has 2 aromatic heterocycles. The van der Waals surface area contributed by atoms with Crippen molar-refractivity contribution in [3.05, 3.63) is 87.8 Å². The third-order valence-electron chi connectivity index (χ3n) is 4.51. The van der Waals surface area contributed by atoms with E-state index in [1.807, 2.05) is 30.3 Å². The Kier molecular flexibility index (Phi) is 4.77. The molecule has 3 aromatic rings. The van der Waals surface area contributed by atoms with Gasteiger partial charge in [-0.2, -0.15) is 13.2 Å². The normalized spacial score (nSPS) is 18.3. The first-order valence-corrected chi connectivity index (χ1v) is 9.32. The number of fused-ring (bicyclic) bond motifs is 1. The van der Waals surface area contributed by atoms with Crippen molar-refractivity contribution < 1.29 is 17.9 Å². The van der Waals surface area contributed by atoms with Crippen molar-refractivity contribution >= 4 is 21.8 Å². The van der Waals surface area contributed by atoms with E-state index in [4.69, 9.17) is 15.5 Å². The fraction of sp³-hybridized carbons (Fsp3) is 0.150. The minimum atomic E-state index is -4.47. The van der Waals surface area contributed by atoms with Crippen LogP contribution < -0.4 is 10.5 Å². The summed E-state index contributed by atoms with van der Waals surface area (Å²) in [5, 5.41) is 0. The van der Waals surface area contributed by atoms with Crippen LogP contribution in [0.1, 0.15) is 22.4 Å². The second-order valence-corrected chi connectivity index (χ2v) is 7.32. The van der Waals surface area contributed by atoms with Gasteiger partial charge in [-0.1, -0.05) is 34.1 Å². The van der Waals surface area contributed by atoms with Crippen LogP contribution in [0.2, 0.25) is 0 Å². The van der Waals surface area contributed by atoms with Gasteiger partial charge in [-0.3, -0.25) is 4.98 Å². The van der Waals surface area contributed by atoms with E-state index in [0.717, 1.165) is 15.6 Å². The van der Waals surface area contributed by atoms with E-state index in [1.165, 1.54) is 12.3 Å². The van der Waals surface area contributed by atoms with Gasteiger partial charge in [-0.15, -0.1) is 0 Å². The Morgan fingerprint density at radius 2 is 1.79 bits per heavy atom. The Hall–Kier alpha value is -2.94. The summed E-state index contributed by atoms with van der Waals surface area (Å²) in [6, 6.07) is 14.2. The summed E-state index contributed by atoms with van der Waals surface area (Å²) in [6.07, 6.45) is -1.46. The molecule has 0 radical (unpaired) electrons. The largest absolute Gasteiger partial charge is 0.468 e. The monoisotopic (exact) mass is 462 g/mol. The van der Waals surface area contributed by atoms with E-state index >= 15 is 0 Å². The summed E-state index contributed by atoms with van der Waals surface area (Å²) >= 11 is 3.46. The average Bonchev–Trinajstić information content (AvgIpc) is 3.00. The number of ether oxygens (including phenoxy) is 1. The van der Waals surface area contributed by atoms with Crippen molar-refractivity contribution in [3.8, 4) is 5.88 Å². The summed E-state index contributed by atoms with van der Waals surface area (Å²) < 4.78 is 43.4. The lowest BCUT2D eigenvalue weighted by Gasteiger charge is -2.29. The number of nitrogens with zero attached hydrogens (tertiary/aromatic N) is 3. The van der Waals surface area contributed by atoms with Crippen LogP contribution in [-0.4, -0.2) is 28.6 Å². The summed E-state index contributed by atoms with van der Waals surface area (Å²) in [5.41, 5.74) is 7.68. The number of benzene rings is 1. The molecular weight excluding hydrogens is 449 g/mol. The van der Waals surface area contributed by atoms with Crippen molar-refractivity contribution in [1.82, 2.24) is 9.97 Å². The van der Waals surface area contributed by atoms with Crippen LogP contribution in [0.5, 0.6) is 5.88 Å². The molecule has 0 amide bonds. The molecule has 29 heavy (non-hydrogen) atoms. The highest BCUT2D eigenvalue weighted by Crippen LogP contribution is 2.46. The van der Waals surface area contributed by atoms with Crippen molar-refractivity contribution in [2.75, 3.05) is 6.61 Å². The van der Waals surface area contributed by atoms with E-state index in [2.05, 4.69) is 25.9 Å². The Morgan fingerprint density at radius 1 is 1.00 bits per heavy atom. The first-order chi connectivity index (χ1) is 13.8. The maximum absolute atomic E-state index is 12.6. The quantitative estimate of drug-likeness (QED) is 0.630. The van der Waals surface area contributed by atoms with Crippen molar-refractivity contribution in [1.29, 1.82) is 0 Å². The van der Waals surface area contributed by atoms with Gasteiger partial charge in [0.05, 0.1) is 0 Å². The van der Waals surface area contributed by atoms with E-state index in [-0.39, 0.29) is 11.7 Å². The van der Waals surface area contributed by atoms with Crippen LogP contribution in [-0.2, 0) is 5.54 Å². The average molecular weight is 463 g/mol. The van der Waals surface area contributed by atoms with Gasteiger partial charge in [0.1, 0.15) is 17.1 Å². The summed E-state index contributed by atoms with van der Waals surface area (Å²) in [5.74, 6) is 0.0930. The number of aliphatic imine (C=N–C) groups is 1. The topological polar surface area (TPSA) is 73.4 Å². The fourth-order valence-corrected chi connectivity index (χ4v) is 3.78. The van der Waals surface area contributed by atoms with E-state index < -0.39 is 18.3 Å². The Morgan fingerprint density at radius 3 is 2.55 bits per heavy atom. The molecule has 148 valence electrons. The lowest BCUT2D eigenvalue weighted by molar-refractivity contribution is -0.154. The van der Waals surface area contributed by atoms with Crippen LogP contribution in [0.25, 0.3) is 0 Å². The number of aromatic nitrogens is 2. The lowest BCUT2D eigenvalue weighted by atomic mass is 9.79.